The molecule has 0 atom stereocenters. The summed E-state index contributed by atoms with van der Waals surface area (Å²) < 4.78 is 0. The maximum absolute atomic E-state index is 10.9. The molecule has 0 unspecified atom stereocenters. The van der Waals surface area contributed by atoms with E-state index in [1.54, 1.807) is 17.8 Å². The van der Waals surface area contributed by atoms with Crippen molar-refractivity contribution >= 4 is 39.9 Å². The van der Waals surface area contributed by atoms with Gasteiger partial charge in [-0.3, -0.25) is 4.90 Å². The second-order valence-electron chi connectivity index (χ2n) is 9.77. The van der Waals surface area contributed by atoms with Gasteiger partial charge in [0.15, 0.2) is 0 Å². The molecule has 0 fully saturated rings. The van der Waals surface area contributed by atoms with Gasteiger partial charge in [0.05, 0.1) is 17.1 Å². The van der Waals surface area contributed by atoms with Crippen LogP contribution in [0.3, 0.4) is 0 Å². The average Bonchev–Trinajstić information content (AvgIpc) is 2.97. The maximum atomic E-state index is 10.9. The summed E-state index contributed by atoms with van der Waals surface area (Å²) in [6.45, 7) is 4.25. The third-order valence-corrected chi connectivity index (χ3v) is 8.42. The van der Waals surface area contributed by atoms with E-state index in [4.69, 9.17) is 4.98 Å². The van der Waals surface area contributed by atoms with Gasteiger partial charge in [-0.15, -0.1) is 0 Å². The van der Waals surface area contributed by atoms with E-state index < -0.39 is 0 Å². The first kappa shape index (κ1) is 23.5. The Morgan fingerprint density at radius 1 is 0.718 bits per heavy atom. The number of benzene rings is 4. The third kappa shape index (κ3) is 3.94. The molecule has 6 aromatic rings. The van der Waals surface area contributed by atoms with E-state index in [0.717, 1.165) is 44.3 Å². The van der Waals surface area contributed by atoms with Crippen LogP contribution in [0.4, 0.5) is 17.2 Å². The fraction of sp³-hybridized carbons (Fsp3) is 0.0588. The van der Waals surface area contributed by atoms with Crippen LogP contribution in [-0.2, 0) is 0 Å². The van der Waals surface area contributed by atoms with Gasteiger partial charge in [0.1, 0.15) is 17.1 Å². The molecule has 0 spiro atoms. The molecule has 0 amide bonds. The highest BCUT2D eigenvalue weighted by atomic mass is 32.2. The quantitative estimate of drug-likeness (QED) is 0.250. The summed E-state index contributed by atoms with van der Waals surface area (Å²) in [5, 5.41) is 11.8. The minimum atomic E-state index is 0.180. The van der Waals surface area contributed by atoms with Crippen molar-refractivity contribution in [1.29, 1.82) is 0 Å². The number of pyridine rings is 2. The first-order chi connectivity index (χ1) is 19.1. The van der Waals surface area contributed by atoms with E-state index in [-0.39, 0.29) is 5.75 Å². The van der Waals surface area contributed by atoms with Gasteiger partial charge < -0.3 is 5.11 Å². The standard InChI is InChI=1S/C34H25N3OS/c1-21-8-7-9-22(2)33(21)24-15-17-29(38)34-25(24)14-16-26(36-34)23-13-18-31-28(20-23)37(32-12-5-6-19-35-32)27-10-3-4-11-30(27)39-31/h3-20,38H,1-2H3. The Balaban J connectivity index is 1.38. The summed E-state index contributed by atoms with van der Waals surface area (Å²) in [5.41, 5.74) is 9.23. The zero-order valence-electron chi connectivity index (χ0n) is 21.6. The van der Waals surface area contributed by atoms with Crippen molar-refractivity contribution in [3.8, 4) is 28.1 Å². The van der Waals surface area contributed by atoms with Gasteiger partial charge in [0.25, 0.3) is 0 Å². The summed E-state index contributed by atoms with van der Waals surface area (Å²) in [5.74, 6) is 1.05. The molecule has 7 rings (SSSR count). The molecule has 0 radical (unpaired) electrons. The smallest absolute Gasteiger partial charge is 0.141 e. The molecule has 3 heterocycles. The predicted octanol–water partition coefficient (Wildman–Crippen LogP) is 9.22. The van der Waals surface area contributed by atoms with Crippen molar-refractivity contribution in [3.63, 3.8) is 0 Å². The number of phenols is 1. The molecule has 0 saturated heterocycles. The highest BCUT2D eigenvalue weighted by Gasteiger charge is 2.26. The van der Waals surface area contributed by atoms with Crippen LogP contribution < -0.4 is 4.90 Å². The summed E-state index contributed by atoms with van der Waals surface area (Å²) >= 11 is 1.76. The maximum Gasteiger partial charge on any atom is 0.141 e. The van der Waals surface area contributed by atoms with E-state index in [0.29, 0.717) is 5.52 Å². The lowest BCUT2D eigenvalue weighted by Gasteiger charge is -2.32. The van der Waals surface area contributed by atoms with Crippen molar-refractivity contribution in [1.82, 2.24) is 9.97 Å². The molecule has 1 aliphatic rings. The number of rotatable bonds is 3. The Morgan fingerprint density at radius 2 is 1.51 bits per heavy atom. The van der Waals surface area contributed by atoms with Gasteiger partial charge >= 0.3 is 0 Å². The van der Waals surface area contributed by atoms with Crippen LogP contribution in [0.15, 0.2) is 119 Å². The molecular formula is C34H25N3OS. The van der Waals surface area contributed by atoms with Crippen LogP contribution in [0.1, 0.15) is 11.1 Å². The van der Waals surface area contributed by atoms with Crippen molar-refractivity contribution < 1.29 is 5.11 Å². The van der Waals surface area contributed by atoms with E-state index in [1.165, 1.54) is 21.6 Å². The molecule has 0 aliphatic carbocycles. The molecule has 1 aliphatic heterocycles. The molecule has 2 aromatic heterocycles. The SMILES string of the molecule is Cc1cccc(C)c1-c1ccc(O)c2nc(-c3ccc4c(c3)N(c3ccccn3)c3ccccc3S4)ccc12. The third-order valence-electron chi connectivity index (χ3n) is 7.29. The van der Waals surface area contributed by atoms with Crippen LogP contribution in [-0.4, -0.2) is 15.1 Å². The molecule has 188 valence electrons. The van der Waals surface area contributed by atoms with E-state index in [9.17, 15) is 5.11 Å². The Bertz CT molecular complexity index is 1860. The number of phenolic OH excluding ortho intramolecular Hbond substituents is 1. The van der Waals surface area contributed by atoms with Crippen molar-refractivity contribution in [2.45, 2.75) is 23.6 Å². The molecule has 4 aromatic carbocycles. The highest BCUT2D eigenvalue weighted by Crippen LogP contribution is 2.51. The second kappa shape index (κ2) is 9.29. The first-order valence-corrected chi connectivity index (χ1v) is 13.7. The van der Waals surface area contributed by atoms with Gasteiger partial charge in [-0.1, -0.05) is 54.2 Å². The molecule has 39 heavy (non-hydrogen) atoms. The lowest BCUT2D eigenvalue weighted by Crippen LogP contribution is -2.16. The van der Waals surface area contributed by atoms with E-state index in [2.05, 4.69) is 96.5 Å². The van der Waals surface area contributed by atoms with E-state index >= 15 is 0 Å². The van der Waals surface area contributed by atoms with Crippen molar-refractivity contribution in [2.24, 2.45) is 0 Å². The monoisotopic (exact) mass is 523 g/mol. The zero-order valence-corrected chi connectivity index (χ0v) is 22.4. The number of nitrogens with zero attached hydrogens (tertiary/aromatic N) is 3. The lowest BCUT2D eigenvalue weighted by molar-refractivity contribution is 0.480. The number of hydrogen-bond donors (Lipinski definition) is 1. The largest absolute Gasteiger partial charge is 0.506 e. The van der Waals surface area contributed by atoms with Crippen molar-refractivity contribution in [2.75, 3.05) is 4.90 Å². The first-order valence-electron chi connectivity index (χ1n) is 12.9. The molecular weight excluding hydrogens is 498 g/mol. The zero-order chi connectivity index (χ0) is 26.5. The molecule has 0 saturated carbocycles. The number of aromatic hydroxyl groups is 1. The number of para-hydroxylation sites is 1. The summed E-state index contributed by atoms with van der Waals surface area (Å²) in [6, 6.07) is 35.0. The fourth-order valence-electron chi connectivity index (χ4n) is 5.47. The molecule has 4 nitrogen and oxygen atoms in total. The Labute approximate surface area is 231 Å². The minimum Gasteiger partial charge on any atom is -0.506 e. The van der Waals surface area contributed by atoms with Crippen LogP contribution in [0.5, 0.6) is 5.75 Å². The van der Waals surface area contributed by atoms with Gasteiger partial charge in [-0.2, -0.15) is 0 Å². The topological polar surface area (TPSA) is 49.3 Å². The molecule has 5 heteroatoms. The molecule has 0 bridgehead atoms. The van der Waals surface area contributed by atoms with Crippen molar-refractivity contribution in [3.05, 3.63) is 120 Å². The average molecular weight is 524 g/mol. The number of aryl methyl sites for hydroxylation is 2. The van der Waals surface area contributed by atoms with Gasteiger partial charge in [0.2, 0.25) is 0 Å². The minimum absolute atomic E-state index is 0.180. The summed E-state index contributed by atoms with van der Waals surface area (Å²) in [6.07, 6.45) is 1.82. The normalized spacial score (nSPS) is 12.3. The lowest BCUT2D eigenvalue weighted by atomic mass is 9.92. The van der Waals surface area contributed by atoms with E-state index in [1.807, 2.05) is 30.5 Å². The Morgan fingerprint density at radius 3 is 2.33 bits per heavy atom. The van der Waals surface area contributed by atoms with Crippen LogP contribution in [0.2, 0.25) is 0 Å². The summed E-state index contributed by atoms with van der Waals surface area (Å²) in [4.78, 5) is 14.2. The fourth-order valence-corrected chi connectivity index (χ4v) is 6.51. The number of aromatic nitrogens is 2. The van der Waals surface area contributed by atoms with Gasteiger partial charge in [-0.05, 0) is 96.8 Å². The summed E-state index contributed by atoms with van der Waals surface area (Å²) in [7, 11) is 0. The molecule has 1 N–H and O–H groups in total. The Kier molecular flexibility index (Phi) is 5.60. The van der Waals surface area contributed by atoms with Gasteiger partial charge in [-0.25, -0.2) is 9.97 Å². The number of fused-ring (bicyclic) bond motifs is 3. The number of anilines is 3. The van der Waals surface area contributed by atoms with Crippen LogP contribution in [0, 0.1) is 13.8 Å². The predicted molar refractivity (Wildman–Crippen MR) is 160 cm³/mol. The van der Waals surface area contributed by atoms with Gasteiger partial charge in [0, 0.05) is 26.9 Å². The van der Waals surface area contributed by atoms with Crippen LogP contribution in [0.25, 0.3) is 33.3 Å². The Hall–Kier alpha value is -4.61. The highest BCUT2D eigenvalue weighted by molar-refractivity contribution is 7.99. The number of hydrogen-bond acceptors (Lipinski definition) is 5. The van der Waals surface area contributed by atoms with Crippen LogP contribution >= 0.6 is 11.8 Å². The second-order valence-corrected chi connectivity index (χ2v) is 10.9.